The molecule has 0 saturated carbocycles. The summed E-state index contributed by atoms with van der Waals surface area (Å²) < 4.78 is 0. The minimum absolute atomic E-state index is 0.0673. The van der Waals surface area contributed by atoms with Crippen LogP contribution in [0.25, 0.3) is 10.9 Å². The summed E-state index contributed by atoms with van der Waals surface area (Å²) in [4.78, 5) is 32.5. The quantitative estimate of drug-likeness (QED) is 0.293. The first-order chi connectivity index (χ1) is 17.2. The SMILES string of the molecule is Cc1[nH]c2ccccc2c1C1(C(=O)Nc2ccc(C(C)C)cc2)CC(=O)N1c1ccc(C(C)C)cc1. The topological polar surface area (TPSA) is 65.2 Å². The summed E-state index contributed by atoms with van der Waals surface area (Å²) in [6.07, 6.45) is 0.109. The molecule has 36 heavy (non-hydrogen) atoms. The first-order valence-corrected chi connectivity index (χ1v) is 12.6. The standard InChI is InChI=1S/C31H33N3O2/c1-19(2)22-10-14-24(15-11-22)33-30(36)31(29-21(5)32-27-9-7-6-8-26(27)29)18-28(35)34(31)25-16-12-23(13-17-25)20(3)4/h6-17,19-20,32H,18H2,1-5H3,(H,33,36). The number of aromatic nitrogens is 1. The summed E-state index contributed by atoms with van der Waals surface area (Å²) in [5.41, 5.74) is 5.38. The van der Waals surface area contributed by atoms with E-state index in [9.17, 15) is 9.59 Å². The van der Waals surface area contributed by atoms with E-state index < -0.39 is 5.54 Å². The molecule has 1 fully saturated rings. The van der Waals surface area contributed by atoms with Gasteiger partial charge in [0.25, 0.3) is 5.91 Å². The van der Waals surface area contributed by atoms with E-state index in [0.717, 1.165) is 33.5 Å². The van der Waals surface area contributed by atoms with E-state index in [-0.39, 0.29) is 18.2 Å². The number of benzene rings is 3. The maximum absolute atomic E-state index is 14.2. The van der Waals surface area contributed by atoms with Gasteiger partial charge in [0.15, 0.2) is 5.54 Å². The molecule has 3 aromatic carbocycles. The number of anilines is 2. The largest absolute Gasteiger partial charge is 0.358 e. The number of rotatable bonds is 6. The predicted octanol–water partition coefficient (Wildman–Crippen LogP) is 6.99. The Bertz CT molecular complexity index is 1430. The van der Waals surface area contributed by atoms with Gasteiger partial charge in [-0.2, -0.15) is 0 Å². The third-order valence-electron chi connectivity index (χ3n) is 7.37. The van der Waals surface area contributed by atoms with Crippen molar-refractivity contribution < 1.29 is 9.59 Å². The number of amides is 2. The van der Waals surface area contributed by atoms with Gasteiger partial charge in [0, 0.05) is 33.5 Å². The first kappa shape index (κ1) is 23.9. The van der Waals surface area contributed by atoms with Gasteiger partial charge < -0.3 is 10.3 Å². The van der Waals surface area contributed by atoms with Crippen molar-refractivity contribution in [3.05, 3.63) is 95.2 Å². The zero-order valence-electron chi connectivity index (χ0n) is 21.6. The number of carbonyl (C=O) groups is 2. The van der Waals surface area contributed by atoms with Crippen LogP contribution < -0.4 is 10.2 Å². The molecule has 1 aliphatic rings. The highest BCUT2D eigenvalue weighted by Gasteiger charge is 2.60. The van der Waals surface area contributed by atoms with E-state index in [1.54, 1.807) is 4.90 Å². The highest BCUT2D eigenvalue weighted by Crippen LogP contribution is 2.49. The van der Waals surface area contributed by atoms with Crippen LogP contribution in [0.5, 0.6) is 0 Å². The van der Waals surface area contributed by atoms with Crippen LogP contribution in [0.15, 0.2) is 72.8 Å². The lowest BCUT2D eigenvalue weighted by atomic mass is 9.74. The Balaban J connectivity index is 1.63. The number of aromatic amines is 1. The molecule has 2 heterocycles. The second kappa shape index (κ2) is 8.98. The van der Waals surface area contributed by atoms with Crippen molar-refractivity contribution >= 4 is 34.1 Å². The van der Waals surface area contributed by atoms with E-state index in [2.05, 4.69) is 38.0 Å². The number of hydrogen-bond acceptors (Lipinski definition) is 2. The molecular weight excluding hydrogens is 446 g/mol. The average Bonchev–Trinajstić information content (AvgIpc) is 3.18. The molecule has 2 N–H and O–H groups in total. The molecule has 0 spiro atoms. The van der Waals surface area contributed by atoms with Crippen molar-refractivity contribution in [2.75, 3.05) is 10.2 Å². The average molecular weight is 480 g/mol. The Morgan fingerprint density at radius 3 is 2.06 bits per heavy atom. The Labute approximate surface area is 212 Å². The van der Waals surface area contributed by atoms with Gasteiger partial charge in [0.2, 0.25) is 5.91 Å². The Hall–Kier alpha value is -3.86. The fraction of sp³-hybridized carbons (Fsp3) is 0.290. The Morgan fingerprint density at radius 2 is 1.47 bits per heavy atom. The molecule has 1 aliphatic heterocycles. The van der Waals surface area contributed by atoms with Crippen LogP contribution in [-0.4, -0.2) is 16.8 Å². The van der Waals surface area contributed by atoms with E-state index in [4.69, 9.17) is 0 Å². The summed E-state index contributed by atoms with van der Waals surface area (Å²) in [6, 6.07) is 23.9. The summed E-state index contributed by atoms with van der Waals surface area (Å²) in [5.74, 6) is 0.509. The van der Waals surface area contributed by atoms with E-state index in [0.29, 0.717) is 11.8 Å². The summed E-state index contributed by atoms with van der Waals surface area (Å²) in [6.45, 7) is 10.5. The molecule has 1 saturated heterocycles. The van der Waals surface area contributed by atoms with E-state index in [1.807, 2.05) is 79.7 Å². The first-order valence-electron chi connectivity index (χ1n) is 12.6. The third-order valence-corrected chi connectivity index (χ3v) is 7.37. The molecule has 1 aromatic heterocycles. The number of β-lactam (4-membered cyclic amide) rings is 1. The van der Waals surface area contributed by atoms with Gasteiger partial charge >= 0.3 is 0 Å². The number of H-pyrrole nitrogens is 1. The molecule has 5 nitrogen and oxygen atoms in total. The van der Waals surface area contributed by atoms with Crippen molar-refractivity contribution in [1.29, 1.82) is 0 Å². The van der Waals surface area contributed by atoms with Crippen LogP contribution in [0.1, 0.15) is 68.3 Å². The Morgan fingerprint density at radius 1 is 0.889 bits per heavy atom. The van der Waals surface area contributed by atoms with Gasteiger partial charge in [-0.3, -0.25) is 14.5 Å². The van der Waals surface area contributed by atoms with Gasteiger partial charge in [-0.15, -0.1) is 0 Å². The summed E-state index contributed by atoms with van der Waals surface area (Å²) in [7, 11) is 0. The summed E-state index contributed by atoms with van der Waals surface area (Å²) in [5, 5.41) is 4.09. The number of nitrogens with one attached hydrogen (secondary N) is 2. The minimum Gasteiger partial charge on any atom is -0.358 e. The lowest BCUT2D eigenvalue weighted by Gasteiger charge is -2.50. The van der Waals surface area contributed by atoms with Crippen molar-refractivity contribution in [2.24, 2.45) is 0 Å². The Kier molecular flexibility index (Phi) is 5.95. The van der Waals surface area contributed by atoms with Gasteiger partial charge in [-0.1, -0.05) is 70.2 Å². The van der Waals surface area contributed by atoms with Crippen LogP contribution in [0.4, 0.5) is 11.4 Å². The van der Waals surface area contributed by atoms with Gasteiger partial charge in [0.05, 0.1) is 6.42 Å². The zero-order valence-corrected chi connectivity index (χ0v) is 21.6. The lowest BCUT2D eigenvalue weighted by Crippen LogP contribution is -2.67. The molecule has 1 unspecified atom stereocenters. The van der Waals surface area contributed by atoms with Crippen LogP contribution in [-0.2, 0) is 15.1 Å². The van der Waals surface area contributed by atoms with Gasteiger partial charge in [-0.05, 0) is 60.2 Å². The molecule has 5 heteroatoms. The highest BCUT2D eigenvalue weighted by molar-refractivity contribution is 6.18. The predicted molar refractivity (Wildman–Crippen MR) is 147 cm³/mol. The van der Waals surface area contributed by atoms with Crippen LogP contribution >= 0.6 is 0 Å². The number of para-hydroxylation sites is 1. The molecule has 5 rings (SSSR count). The number of fused-ring (bicyclic) bond motifs is 1. The van der Waals surface area contributed by atoms with Crippen LogP contribution in [0.2, 0.25) is 0 Å². The minimum atomic E-state index is -1.16. The second-order valence-corrected chi connectivity index (χ2v) is 10.4. The molecule has 4 aromatic rings. The number of hydrogen-bond donors (Lipinski definition) is 2. The zero-order chi connectivity index (χ0) is 25.6. The lowest BCUT2D eigenvalue weighted by molar-refractivity contribution is -0.137. The molecule has 0 radical (unpaired) electrons. The molecule has 1 atom stereocenters. The third kappa shape index (κ3) is 3.79. The van der Waals surface area contributed by atoms with Crippen molar-refractivity contribution in [2.45, 2.75) is 58.4 Å². The highest BCUT2D eigenvalue weighted by atomic mass is 16.2. The molecule has 0 bridgehead atoms. The van der Waals surface area contributed by atoms with E-state index >= 15 is 0 Å². The molecule has 184 valence electrons. The van der Waals surface area contributed by atoms with Crippen molar-refractivity contribution in [1.82, 2.24) is 4.98 Å². The molecular formula is C31H33N3O2. The normalized spacial score (nSPS) is 17.6. The number of nitrogens with zero attached hydrogens (tertiary/aromatic N) is 1. The maximum atomic E-state index is 14.2. The van der Waals surface area contributed by atoms with Crippen LogP contribution in [0.3, 0.4) is 0 Å². The summed E-state index contributed by atoms with van der Waals surface area (Å²) >= 11 is 0. The van der Waals surface area contributed by atoms with Crippen molar-refractivity contribution in [3.8, 4) is 0 Å². The number of carbonyl (C=O) groups excluding carboxylic acids is 2. The smallest absolute Gasteiger partial charge is 0.256 e. The maximum Gasteiger partial charge on any atom is 0.256 e. The van der Waals surface area contributed by atoms with E-state index in [1.165, 1.54) is 11.1 Å². The number of aryl methyl sites for hydroxylation is 1. The van der Waals surface area contributed by atoms with Crippen molar-refractivity contribution in [3.63, 3.8) is 0 Å². The molecule has 2 amide bonds. The second-order valence-electron chi connectivity index (χ2n) is 10.4. The fourth-order valence-electron chi connectivity index (χ4n) is 5.36. The van der Waals surface area contributed by atoms with Gasteiger partial charge in [0.1, 0.15) is 0 Å². The van der Waals surface area contributed by atoms with Gasteiger partial charge in [-0.25, -0.2) is 0 Å². The monoisotopic (exact) mass is 479 g/mol. The fourth-order valence-corrected chi connectivity index (χ4v) is 5.36. The van der Waals surface area contributed by atoms with Crippen LogP contribution in [0, 0.1) is 6.92 Å². The molecule has 0 aliphatic carbocycles.